The summed E-state index contributed by atoms with van der Waals surface area (Å²) in [6.07, 6.45) is 0.0671. The first-order valence-electron chi connectivity index (χ1n) is 4.38. The van der Waals surface area contributed by atoms with Crippen LogP contribution in [0, 0.1) is 18.4 Å². The van der Waals surface area contributed by atoms with Crippen molar-refractivity contribution < 1.29 is 9.47 Å². The smallest absolute Gasteiger partial charge is 0.366 e. The Morgan fingerprint density at radius 2 is 2.17 bits per heavy atom. The van der Waals surface area contributed by atoms with Crippen molar-refractivity contribution in [2.75, 3.05) is 13.2 Å². The fraction of sp³-hybridized carbons (Fsp3) is 0.889. The lowest BCUT2D eigenvalue weighted by atomic mass is 9.93. The number of nitrogens with zero attached hydrogens (tertiary/aromatic N) is 1. The largest absolute Gasteiger partial charge is 0.415 e. The summed E-state index contributed by atoms with van der Waals surface area (Å²) in [6.45, 7) is 11.0. The Morgan fingerprint density at radius 3 is 2.75 bits per heavy atom. The predicted octanol–water partition coefficient (Wildman–Crippen LogP) is 1.35. The molecule has 2 fully saturated rings. The number of rotatable bonds is 0. The van der Waals surface area contributed by atoms with Gasteiger partial charge in [0.2, 0.25) is 0 Å². The van der Waals surface area contributed by atoms with Gasteiger partial charge in [-0.05, 0) is 11.8 Å². The molecule has 0 aromatic heterocycles. The van der Waals surface area contributed by atoms with Crippen LogP contribution >= 0.6 is 0 Å². The molecule has 12 heavy (non-hydrogen) atoms. The summed E-state index contributed by atoms with van der Waals surface area (Å²) >= 11 is 0. The number of hydrogen-bond donors (Lipinski definition) is 0. The topological polar surface area (TPSA) is 22.8 Å². The van der Waals surface area contributed by atoms with Gasteiger partial charge < -0.3 is 9.47 Å². The molecular weight excluding hydrogens is 154 g/mol. The average molecular weight is 168 g/mol. The van der Waals surface area contributed by atoms with E-state index in [1.54, 1.807) is 0 Å². The first kappa shape index (κ1) is 8.03. The quantitative estimate of drug-likeness (QED) is 0.545. The van der Waals surface area contributed by atoms with Crippen LogP contribution in [-0.4, -0.2) is 25.0 Å². The predicted molar refractivity (Wildman–Crippen MR) is 45.1 cm³/mol. The van der Waals surface area contributed by atoms with Crippen LogP contribution in [0.25, 0.3) is 4.85 Å². The van der Waals surface area contributed by atoms with Crippen LogP contribution in [0.4, 0.5) is 0 Å². The summed E-state index contributed by atoms with van der Waals surface area (Å²) in [4.78, 5) is 3.87. The van der Waals surface area contributed by atoms with Gasteiger partial charge in [-0.15, -0.1) is 0 Å². The van der Waals surface area contributed by atoms with Crippen LogP contribution in [0.3, 0.4) is 0 Å². The molecule has 0 amide bonds. The van der Waals surface area contributed by atoms with Crippen molar-refractivity contribution in [2.45, 2.75) is 25.7 Å². The SMILES string of the molecule is C#[N+][C@]12OC[C@@H](C)[C@H]1OC[C@H]2C. The van der Waals surface area contributed by atoms with Crippen LogP contribution in [0.5, 0.6) is 0 Å². The molecule has 0 N–H and O–H groups in total. The zero-order valence-corrected chi connectivity index (χ0v) is 7.49. The van der Waals surface area contributed by atoms with Gasteiger partial charge in [-0.3, -0.25) is 0 Å². The van der Waals surface area contributed by atoms with Crippen molar-refractivity contribution in [1.82, 2.24) is 0 Å². The van der Waals surface area contributed by atoms with Gasteiger partial charge in [0.1, 0.15) is 0 Å². The highest BCUT2D eigenvalue weighted by molar-refractivity contribution is 5.10. The lowest BCUT2D eigenvalue weighted by Gasteiger charge is -2.12. The molecule has 3 nitrogen and oxygen atoms in total. The maximum Gasteiger partial charge on any atom is 0.415 e. The molecule has 4 atom stereocenters. The highest BCUT2D eigenvalue weighted by atomic mass is 16.6. The van der Waals surface area contributed by atoms with Gasteiger partial charge in [-0.1, -0.05) is 6.92 Å². The molecule has 2 aliphatic rings. The maximum atomic E-state index is 5.62. The molecule has 2 heterocycles. The number of fused-ring (bicyclic) bond motifs is 1. The lowest BCUT2D eigenvalue weighted by molar-refractivity contribution is -0.00159. The third-order valence-electron chi connectivity index (χ3n) is 2.94. The van der Waals surface area contributed by atoms with Gasteiger partial charge in [0.15, 0.2) is 6.10 Å². The summed E-state index contributed by atoms with van der Waals surface area (Å²) in [5, 5.41) is 0. The van der Waals surface area contributed by atoms with Gasteiger partial charge in [0.05, 0.1) is 19.1 Å². The van der Waals surface area contributed by atoms with Crippen LogP contribution in [0.15, 0.2) is 0 Å². The minimum atomic E-state index is -0.542. The highest BCUT2D eigenvalue weighted by Crippen LogP contribution is 2.44. The Labute approximate surface area is 72.5 Å². The van der Waals surface area contributed by atoms with Crippen molar-refractivity contribution in [3.63, 3.8) is 0 Å². The van der Waals surface area contributed by atoms with Crippen molar-refractivity contribution in [1.29, 1.82) is 0 Å². The Hall–Kier alpha value is -0.590. The van der Waals surface area contributed by atoms with Crippen molar-refractivity contribution in [2.24, 2.45) is 11.8 Å². The molecule has 3 heteroatoms. The van der Waals surface area contributed by atoms with E-state index < -0.39 is 5.72 Å². The van der Waals surface area contributed by atoms with E-state index in [2.05, 4.69) is 18.7 Å². The van der Waals surface area contributed by atoms with E-state index >= 15 is 0 Å². The van der Waals surface area contributed by atoms with Gasteiger partial charge in [0, 0.05) is 5.92 Å². The first-order valence-corrected chi connectivity index (χ1v) is 4.38. The van der Waals surface area contributed by atoms with Gasteiger partial charge in [0.25, 0.3) is 6.57 Å². The zero-order valence-electron chi connectivity index (χ0n) is 7.49. The van der Waals surface area contributed by atoms with E-state index in [1.165, 1.54) is 0 Å². The molecule has 2 saturated heterocycles. The van der Waals surface area contributed by atoms with E-state index in [0.717, 1.165) is 0 Å². The van der Waals surface area contributed by atoms with Gasteiger partial charge in [-0.25, -0.2) is 0 Å². The normalized spacial score (nSPS) is 51.9. The molecule has 0 spiro atoms. The average Bonchev–Trinajstić information content (AvgIpc) is 2.55. The molecular formula is C9H14NO2+. The molecule has 2 rings (SSSR count). The van der Waals surface area contributed by atoms with Crippen LogP contribution in [0.2, 0.25) is 0 Å². The van der Waals surface area contributed by atoms with E-state index in [9.17, 15) is 0 Å². The summed E-state index contributed by atoms with van der Waals surface area (Å²) in [5.74, 6) is 0.680. The molecule has 0 bridgehead atoms. The Morgan fingerprint density at radius 1 is 1.42 bits per heavy atom. The molecule has 66 valence electrons. The summed E-state index contributed by atoms with van der Waals surface area (Å²) in [6, 6.07) is 0. The van der Waals surface area contributed by atoms with Crippen LogP contribution in [0.1, 0.15) is 13.8 Å². The van der Waals surface area contributed by atoms with Crippen molar-refractivity contribution in [3.8, 4) is 6.57 Å². The third kappa shape index (κ3) is 0.769. The first-order chi connectivity index (χ1) is 5.70. The molecule has 0 saturated carbocycles. The standard InChI is InChI=1S/C9H14NO2/c1-6-4-12-9(10-3)7(2)5-11-8(6)9/h3,6-8H,4-5H2,1-2H3/q+1/t6-,7-,8-,9-/m1/s1. The van der Waals surface area contributed by atoms with E-state index in [0.29, 0.717) is 19.1 Å². The summed E-state index contributed by atoms with van der Waals surface area (Å²) in [7, 11) is 0. The molecule has 0 aliphatic carbocycles. The Bertz CT molecular complexity index is 235. The third-order valence-corrected chi connectivity index (χ3v) is 2.94. The second-order valence-corrected chi connectivity index (χ2v) is 3.82. The second kappa shape index (κ2) is 2.45. The van der Waals surface area contributed by atoms with Gasteiger partial charge >= 0.3 is 5.72 Å². The monoisotopic (exact) mass is 168 g/mol. The number of hydrogen-bond acceptors (Lipinski definition) is 2. The van der Waals surface area contributed by atoms with Crippen molar-refractivity contribution >= 4 is 0 Å². The maximum absolute atomic E-state index is 5.62. The minimum absolute atomic E-state index is 0.0671. The lowest BCUT2D eigenvalue weighted by Crippen LogP contribution is -2.37. The fourth-order valence-electron chi connectivity index (χ4n) is 2.15. The van der Waals surface area contributed by atoms with Crippen molar-refractivity contribution in [3.05, 3.63) is 4.85 Å². The molecule has 0 aromatic carbocycles. The molecule has 2 aliphatic heterocycles. The minimum Gasteiger partial charge on any atom is -0.366 e. The van der Waals surface area contributed by atoms with Crippen LogP contribution < -0.4 is 0 Å². The Kier molecular flexibility index (Phi) is 1.64. The molecule has 0 unspecified atom stereocenters. The zero-order chi connectivity index (χ0) is 8.77. The summed E-state index contributed by atoms with van der Waals surface area (Å²) in [5.41, 5.74) is -0.542. The highest BCUT2D eigenvalue weighted by Gasteiger charge is 2.66. The molecule has 0 radical (unpaired) electrons. The summed E-state index contributed by atoms with van der Waals surface area (Å²) < 4.78 is 11.2. The van der Waals surface area contributed by atoms with E-state index in [-0.39, 0.29) is 12.0 Å². The van der Waals surface area contributed by atoms with E-state index in [1.807, 2.05) is 0 Å². The van der Waals surface area contributed by atoms with Crippen LogP contribution in [-0.2, 0) is 9.47 Å². The number of ether oxygens (including phenoxy) is 2. The Balaban J connectivity index is 2.32. The fourth-order valence-corrected chi connectivity index (χ4v) is 2.15. The van der Waals surface area contributed by atoms with Gasteiger partial charge in [-0.2, -0.15) is 0 Å². The molecule has 0 aromatic rings. The van der Waals surface area contributed by atoms with E-state index in [4.69, 9.17) is 16.0 Å². The second-order valence-electron chi connectivity index (χ2n) is 3.82.